The second-order valence-corrected chi connectivity index (χ2v) is 19.1. The van der Waals surface area contributed by atoms with Crippen molar-refractivity contribution >= 4 is 34.4 Å². The first-order chi connectivity index (χ1) is 29.5. The second-order valence-electron chi connectivity index (χ2n) is 19.1. The number of benzene rings is 2. The van der Waals surface area contributed by atoms with Crippen LogP contribution in [0.1, 0.15) is 82.2 Å². The zero-order valence-corrected chi connectivity index (χ0v) is 37.0. The highest BCUT2D eigenvalue weighted by atomic mass is 19.3. The van der Waals surface area contributed by atoms with Crippen LogP contribution in [0.25, 0.3) is 10.9 Å². The number of carbonyl (C=O) groups excluding carboxylic acids is 3. The highest BCUT2D eigenvalue weighted by Gasteiger charge is 2.78. The Morgan fingerprint density at radius 3 is 2.53 bits per heavy atom. The zero-order valence-electron chi connectivity index (χ0n) is 37.0. The van der Waals surface area contributed by atoms with Gasteiger partial charge in [-0.15, -0.1) is 0 Å². The number of aromatic amines is 1. The first-order valence-corrected chi connectivity index (χ1v) is 22.4. The van der Waals surface area contributed by atoms with Crippen LogP contribution in [0.2, 0.25) is 0 Å². The smallest absolute Gasteiger partial charge is 0.322 e. The number of likely N-dealkylation sites (N-methyl/N-ethyl adjacent to an activating group) is 1. The Kier molecular flexibility index (Phi) is 10.4. The first-order valence-electron chi connectivity index (χ1n) is 22.4. The maximum atomic E-state index is 15.4. The van der Waals surface area contributed by atoms with Gasteiger partial charge in [-0.1, -0.05) is 44.2 Å². The van der Waals surface area contributed by atoms with Gasteiger partial charge >= 0.3 is 11.9 Å². The molecule has 334 valence electrons. The number of hydrogen-bond donors (Lipinski definition) is 3. The lowest BCUT2D eigenvalue weighted by Crippen LogP contribution is -2.81. The van der Waals surface area contributed by atoms with Gasteiger partial charge in [0.05, 0.1) is 26.8 Å². The molecule has 1 aromatic heterocycles. The van der Waals surface area contributed by atoms with Gasteiger partial charge in [0.25, 0.3) is 0 Å². The van der Waals surface area contributed by atoms with Gasteiger partial charge in [-0.2, -0.15) is 0 Å². The van der Waals surface area contributed by atoms with Crippen molar-refractivity contribution in [1.82, 2.24) is 20.1 Å². The third-order valence-corrected chi connectivity index (χ3v) is 16.1. The molecule has 2 aromatic carbocycles. The Labute approximate surface area is 362 Å². The summed E-state index contributed by atoms with van der Waals surface area (Å²) in [7, 11) is 4.90. The first kappa shape index (κ1) is 42.8. The van der Waals surface area contributed by atoms with E-state index in [1.54, 1.807) is 14.0 Å². The summed E-state index contributed by atoms with van der Waals surface area (Å²) in [5, 5.41) is 17.6. The number of aromatic nitrogens is 1. The van der Waals surface area contributed by atoms with E-state index in [0.29, 0.717) is 62.4 Å². The van der Waals surface area contributed by atoms with Crippen molar-refractivity contribution in [3.05, 3.63) is 70.9 Å². The van der Waals surface area contributed by atoms with Crippen molar-refractivity contribution in [2.75, 3.05) is 65.4 Å². The molecule has 6 aliphatic rings. The number of rotatable bonds is 9. The number of piperidine rings is 1. The molecule has 1 saturated carbocycles. The molecule has 2 saturated heterocycles. The Balaban J connectivity index is 1.34. The monoisotopic (exact) mass is 857 g/mol. The summed E-state index contributed by atoms with van der Waals surface area (Å²) in [4.78, 5) is 51.9. The quantitative estimate of drug-likeness (QED) is 0.188. The topological polar surface area (TPSA) is 137 Å². The van der Waals surface area contributed by atoms with Crippen molar-refractivity contribution < 1.29 is 42.5 Å². The molecule has 2 bridgehead atoms. The third kappa shape index (κ3) is 5.94. The SMILES string of the molecule is CCC(=O)NCC1(O)[C@H](OC(C)=O)[C@]2(CC)C=CCN3CC[C@@]4(c5cc([C@@]6(C(=O)OC)C[C@@H]7C[C@@H](C(C)(F)F)CN(CCc8c6[nH]c6ccccc86)C7)c(OC)cc5N(C)[C@@H]14)[C@@H]32. The molecular weight excluding hydrogens is 797 g/mol. The minimum atomic E-state index is -2.92. The number of H-pyrrole nitrogens is 1. The third-order valence-electron chi connectivity index (χ3n) is 16.1. The predicted octanol–water partition coefficient (Wildman–Crippen LogP) is 5.47. The highest BCUT2D eigenvalue weighted by molar-refractivity contribution is 5.94. The molecule has 2 unspecified atom stereocenters. The Morgan fingerprint density at radius 1 is 1.06 bits per heavy atom. The number of nitrogens with one attached hydrogen (secondary N) is 2. The summed E-state index contributed by atoms with van der Waals surface area (Å²) < 4.78 is 49.4. The van der Waals surface area contributed by atoms with Gasteiger partial charge in [-0.3, -0.25) is 19.3 Å². The number of para-hydroxylation sites is 1. The molecule has 3 fully saturated rings. The Morgan fingerprint density at radius 2 is 1.84 bits per heavy atom. The van der Waals surface area contributed by atoms with Crippen molar-refractivity contribution in [3.8, 4) is 5.75 Å². The number of alkyl halides is 2. The molecule has 14 heteroatoms. The van der Waals surface area contributed by atoms with Crippen LogP contribution >= 0.6 is 0 Å². The average Bonchev–Trinajstić information content (AvgIpc) is 3.92. The van der Waals surface area contributed by atoms with Gasteiger partial charge in [0, 0.05) is 103 Å². The minimum absolute atomic E-state index is 0.166. The molecule has 9 rings (SSSR count). The molecule has 5 aliphatic heterocycles. The van der Waals surface area contributed by atoms with E-state index in [-0.39, 0.29) is 50.2 Å². The largest absolute Gasteiger partial charge is 0.496 e. The Bertz CT molecular complexity index is 2330. The van der Waals surface area contributed by atoms with E-state index < -0.39 is 57.8 Å². The normalized spacial score (nSPS) is 34.8. The molecule has 0 radical (unpaired) electrons. The summed E-state index contributed by atoms with van der Waals surface area (Å²) in [5.74, 6) is -5.00. The number of esters is 2. The Hall–Kier alpha value is -4.53. The van der Waals surface area contributed by atoms with Gasteiger partial charge in [-0.05, 0) is 74.8 Å². The molecule has 1 amide bonds. The fourth-order valence-electron chi connectivity index (χ4n) is 13.8. The van der Waals surface area contributed by atoms with Crippen LogP contribution in [0.3, 0.4) is 0 Å². The summed E-state index contributed by atoms with van der Waals surface area (Å²) in [6.07, 6.45) is 5.48. The van der Waals surface area contributed by atoms with Gasteiger partial charge in [-0.25, -0.2) is 8.78 Å². The minimum Gasteiger partial charge on any atom is -0.496 e. The molecule has 3 N–H and O–H groups in total. The molecule has 6 heterocycles. The molecule has 62 heavy (non-hydrogen) atoms. The lowest BCUT2D eigenvalue weighted by Gasteiger charge is -2.64. The van der Waals surface area contributed by atoms with Crippen molar-refractivity contribution in [1.29, 1.82) is 0 Å². The standard InChI is InChI=1S/C48H61F2N5O7/c1-8-38(57)51-27-48(59)41-46(17-20-55-18-12-16-45(9-2,40(46)55)42(48)62-28(3)56)33-22-34(37(60-6)23-36(33)53(41)5)47(43(58)61-7)24-29-21-30(44(4,49)50)26-54(25-29)19-15-32-31-13-10-11-14-35(31)52-39(32)47/h10-14,16,22-23,29-30,40-42,52,59H,8-9,15,17-21,24-27H2,1-7H3,(H,51,57)/t29-,30+,40-,41+,42+,45+,46+,47-,48?/m0/s1. The molecule has 1 aliphatic carbocycles. The summed E-state index contributed by atoms with van der Waals surface area (Å²) in [6.45, 7) is 8.72. The van der Waals surface area contributed by atoms with Crippen molar-refractivity contribution in [2.45, 2.75) is 107 Å². The number of hydrogen-bond acceptors (Lipinski definition) is 10. The van der Waals surface area contributed by atoms with Crippen LogP contribution in [0.15, 0.2) is 48.6 Å². The number of nitrogens with zero attached hydrogens (tertiary/aromatic N) is 3. The predicted molar refractivity (Wildman–Crippen MR) is 231 cm³/mol. The summed E-state index contributed by atoms with van der Waals surface area (Å²) >= 11 is 0. The van der Waals surface area contributed by atoms with E-state index in [2.05, 4.69) is 50.1 Å². The molecule has 12 nitrogen and oxygen atoms in total. The number of halogens is 2. The van der Waals surface area contributed by atoms with Crippen LogP contribution < -0.4 is 15.0 Å². The zero-order chi connectivity index (χ0) is 44.1. The lowest BCUT2D eigenvalue weighted by molar-refractivity contribution is -0.217. The van der Waals surface area contributed by atoms with E-state index in [1.165, 1.54) is 14.0 Å². The molecular formula is C48H61F2N5O7. The average molecular weight is 858 g/mol. The van der Waals surface area contributed by atoms with Crippen LogP contribution in [0, 0.1) is 17.3 Å². The van der Waals surface area contributed by atoms with Gasteiger partial charge in [0.2, 0.25) is 11.8 Å². The maximum Gasteiger partial charge on any atom is 0.322 e. The van der Waals surface area contributed by atoms with Gasteiger partial charge in [0.15, 0.2) is 0 Å². The van der Waals surface area contributed by atoms with E-state index in [9.17, 15) is 14.7 Å². The van der Waals surface area contributed by atoms with Gasteiger partial charge in [0.1, 0.15) is 22.9 Å². The molecule has 1 spiro atoms. The van der Waals surface area contributed by atoms with E-state index in [0.717, 1.165) is 34.6 Å². The van der Waals surface area contributed by atoms with Crippen molar-refractivity contribution in [2.24, 2.45) is 17.3 Å². The van der Waals surface area contributed by atoms with Crippen LogP contribution in [0.4, 0.5) is 14.5 Å². The molecule has 10 atom stereocenters. The van der Waals surface area contributed by atoms with Gasteiger partial charge < -0.3 is 39.4 Å². The van der Waals surface area contributed by atoms with E-state index >= 15 is 13.6 Å². The summed E-state index contributed by atoms with van der Waals surface area (Å²) in [5.41, 5.74) is -0.285. The van der Waals surface area contributed by atoms with Crippen LogP contribution in [-0.2, 0) is 41.1 Å². The maximum absolute atomic E-state index is 15.4. The number of methoxy groups -OCH3 is 2. The second kappa shape index (κ2) is 15.0. The summed E-state index contributed by atoms with van der Waals surface area (Å²) in [6, 6.07) is 11.1. The number of fused-ring (bicyclic) bond motifs is 6. The fraction of sp³-hybridized carbons (Fsp3) is 0.604. The number of amides is 1. The van der Waals surface area contributed by atoms with E-state index in [4.69, 9.17) is 14.2 Å². The number of anilines is 1. The lowest BCUT2D eigenvalue weighted by atomic mass is 9.47. The van der Waals surface area contributed by atoms with E-state index in [1.807, 2.05) is 37.4 Å². The molecule has 3 aromatic rings. The number of aliphatic hydroxyl groups is 1. The number of carbonyl (C=O) groups is 3. The highest BCUT2D eigenvalue weighted by Crippen LogP contribution is 2.68. The fourth-order valence-corrected chi connectivity index (χ4v) is 13.8. The van der Waals surface area contributed by atoms with Crippen LogP contribution in [-0.4, -0.2) is 128 Å². The van der Waals surface area contributed by atoms with Crippen molar-refractivity contribution in [3.63, 3.8) is 0 Å². The number of ether oxygens (including phenoxy) is 3. The van der Waals surface area contributed by atoms with Crippen LogP contribution in [0.5, 0.6) is 5.75 Å².